The molecular formula is C26H28FN9O5S2. The number of hydrogen-bond acceptors (Lipinski definition) is 11. The van der Waals surface area contributed by atoms with Gasteiger partial charge in [-0.15, -0.1) is 16.9 Å². The summed E-state index contributed by atoms with van der Waals surface area (Å²) < 4.78 is 18.4. The molecular weight excluding hydrogens is 601 g/mol. The van der Waals surface area contributed by atoms with Crippen LogP contribution in [0.15, 0.2) is 39.6 Å². The van der Waals surface area contributed by atoms with Gasteiger partial charge >= 0.3 is 5.97 Å². The quantitative estimate of drug-likeness (QED) is 0.230. The molecule has 3 aromatic rings. The van der Waals surface area contributed by atoms with Crippen LogP contribution in [0.1, 0.15) is 17.3 Å². The highest BCUT2D eigenvalue weighted by Gasteiger charge is 2.54. The molecule has 6 rings (SSSR count). The molecule has 2 aromatic heterocycles. The number of nitrogens with one attached hydrogen (secondary N) is 2. The molecule has 14 nitrogen and oxygen atoms in total. The third-order valence-electron chi connectivity index (χ3n) is 7.68. The Morgan fingerprint density at radius 2 is 2.02 bits per heavy atom. The molecule has 43 heavy (non-hydrogen) atoms. The van der Waals surface area contributed by atoms with Gasteiger partial charge in [0, 0.05) is 62.9 Å². The maximum Gasteiger partial charge on any atom is 0.352 e. The fourth-order valence-electron chi connectivity index (χ4n) is 5.48. The summed E-state index contributed by atoms with van der Waals surface area (Å²) >= 11 is 2.57. The second-order valence-electron chi connectivity index (χ2n) is 10.2. The van der Waals surface area contributed by atoms with Gasteiger partial charge in [0.05, 0.1) is 11.2 Å². The molecule has 3 N–H and O–H groups in total. The van der Waals surface area contributed by atoms with Crippen LogP contribution in [-0.2, 0) is 23.2 Å². The number of hydrogen-bond donors (Lipinski definition) is 3. The Morgan fingerprint density at radius 1 is 1.26 bits per heavy atom. The molecule has 0 aliphatic carbocycles. The fraction of sp³-hybridized carbons (Fsp3) is 0.423. The second kappa shape index (κ2) is 11.6. The van der Waals surface area contributed by atoms with Crippen molar-refractivity contribution in [1.82, 2.24) is 40.3 Å². The van der Waals surface area contributed by atoms with Gasteiger partial charge in [0.15, 0.2) is 0 Å². The van der Waals surface area contributed by atoms with E-state index >= 15 is 4.39 Å². The number of pyridine rings is 1. The molecule has 2 fully saturated rings. The summed E-state index contributed by atoms with van der Waals surface area (Å²) in [6.45, 7) is 4.96. The molecule has 1 aromatic carbocycles. The van der Waals surface area contributed by atoms with E-state index in [0.717, 1.165) is 13.1 Å². The van der Waals surface area contributed by atoms with E-state index in [0.29, 0.717) is 47.3 Å². The highest BCUT2D eigenvalue weighted by molar-refractivity contribution is 8.01. The van der Waals surface area contributed by atoms with Crippen molar-refractivity contribution < 1.29 is 23.9 Å². The Bertz CT molecular complexity index is 1740. The lowest BCUT2D eigenvalue weighted by atomic mass is 10.0. The second-order valence-corrected chi connectivity index (χ2v) is 12.3. The molecule has 0 saturated carbocycles. The number of carbonyl (C=O) groups excluding carboxylic acids is 2. The summed E-state index contributed by atoms with van der Waals surface area (Å²) in [7, 11) is 1.67. The first-order chi connectivity index (χ1) is 20.7. The summed E-state index contributed by atoms with van der Waals surface area (Å²) in [6, 6.07) is 1.79. The number of rotatable bonds is 8. The Morgan fingerprint density at radius 3 is 2.70 bits per heavy atom. The number of aliphatic carboxylic acids is 1. The van der Waals surface area contributed by atoms with Crippen LogP contribution < -0.4 is 21.0 Å². The first-order valence-corrected chi connectivity index (χ1v) is 15.6. The summed E-state index contributed by atoms with van der Waals surface area (Å²) in [5.41, 5.74) is 0.437. The number of aryl methyl sites for hydroxylation is 2. The zero-order valence-electron chi connectivity index (χ0n) is 23.2. The molecule has 226 valence electrons. The number of anilines is 1. The number of nitrogens with zero attached hydrogens (tertiary/aromatic N) is 7. The number of aromatic nitrogens is 5. The lowest BCUT2D eigenvalue weighted by molar-refractivity contribution is -0.148. The number of carboxylic acid groups (broad SMARTS) is 1. The average molecular weight is 630 g/mol. The van der Waals surface area contributed by atoms with Crippen LogP contribution >= 0.6 is 23.5 Å². The first kappa shape index (κ1) is 29.1. The van der Waals surface area contributed by atoms with Gasteiger partial charge in [0.1, 0.15) is 28.5 Å². The minimum absolute atomic E-state index is 0.0656. The summed E-state index contributed by atoms with van der Waals surface area (Å²) in [4.78, 5) is 55.3. The summed E-state index contributed by atoms with van der Waals surface area (Å²) in [6.07, 6.45) is 1.42. The van der Waals surface area contributed by atoms with Crippen LogP contribution in [0.25, 0.3) is 10.9 Å². The number of carbonyl (C=O) groups is 3. The van der Waals surface area contributed by atoms with Crippen molar-refractivity contribution in [2.75, 3.05) is 42.6 Å². The van der Waals surface area contributed by atoms with E-state index in [9.17, 15) is 24.3 Å². The highest BCUT2D eigenvalue weighted by Crippen LogP contribution is 2.41. The fourth-order valence-corrected chi connectivity index (χ4v) is 7.81. The van der Waals surface area contributed by atoms with Gasteiger partial charge < -0.3 is 25.2 Å². The van der Waals surface area contributed by atoms with Gasteiger partial charge in [-0.05, 0) is 35.1 Å². The lowest BCUT2D eigenvalue weighted by Gasteiger charge is -2.49. The first-order valence-electron chi connectivity index (χ1n) is 13.6. The van der Waals surface area contributed by atoms with Gasteiger partial charge in [-0.25, -0.2) is 13.9 Å². The number of halogens is 1. The highest BCUT2D eigenvalue weighted by atomic mass is 32.2. The number of benzene rings is 1. The average Bonchev–Trinajstić information content (AvgIpc) is 3.42. The van der Waals surface area contributed by atoms with Crippen molar-refractivity contribution >= 4 is 57.9 Å². The minimum atomic E-state index is -1.25. The van der Waals surface area contributed by atoms with Crippen molar-refractivity contribution in [1.29, 1.82) is 0 Å². The molecule has 2 amide bonds. The largest absolute Gasteiger partial charge is 0.477 e. The van der Waals surface area contributed by atoms with Crippen LogP contribution in [0.5, 0.6) is 0 Å². The van der Waals surface area contributed by atoms with Crippen LogP contribution in [0.4, 0.5) is 10.1 Å². The van der Waals surface area contributed by atoms with Crippen LogP contribution in [0.3, 0.4) is 0 Å². The van der Waals surface area contributed by atoms with Gasteiger partial charge in [-0.1, -0.05) is 11.8 Å². The summed E-state index contributed by atoms with van der Waals surface area (Å²) in [5.74, 6) is -2.60. The molecule has 5 heterocycles. The predicted octanol–water partition coefficient (Wildman–Crippen LogP) is 0.238. The molecule has 0 radical (unpaired) electrons. The zero-order valence-corrected chi connectivity index (χ0v) is 24.9. The molecule has 17 heteroatoms. The maximum atomic E-state index is 15.2. The Balaban J connectivity index is 1.24. The predicted molar refractivity (Wildman–Crippen MR) is 157 cm³/mol. The number of piperazine rings is 1. The third-order valence-corrected chi connectivity index (χ3v) is 10.1. The van der Waals surface area contributed by atoms with E-state index in [1.807, 2.05) is 11.8 Å². The van der Waals surface area contributed by atoms with Gasteiger partial charge in [0.2, 0.25) is 10.6 Å². The van der Waals surface area contributed by atoms with E-state index in [1.54, 1.807) is 17.7 Å². The number of β-lactam (4-membered cyclic amide) rings is 1. The number of carboxylic acids is 1. The normalized spacial score (nSPS) is 20.3. The molecule has 3 aliphatic heterocycles. The maximum absolute atomic E-state index is 15.2. The molecule has 2 saturated heterocycles. The molecule has 2 atom stereocenters. The van der Waals surface area contributed by atoms with Crippen LogP contribution in [0, 0.1) is 5.82 Å². The standard InChI is InChI=1S/C26H28FN9O5S2/c1-3-34-10-15(21(37)14-8-16(27)18(9-17(14)34)35-6-4-28-5-7-35)22(38)29-19-23(39)36-20(25(40)41)13(11-42-24(19)36)12-43-26-30-31-32-33(26)2/h8-10,19,24,28H,3-7,11-12H2,1-2H3,(H,29,38)(H,40,41)/t19?,24-/m0/s1. The van der Waals surface area contributed by atoms with Crippen molar-refractivity contribution in [3.63, 3.8) is 0 Å². The van der Waals surface area contributed by atoms with Crippen molar-refractivity contribution in [3.05, 3.63) is 51.2 Å². The van der Waals surface area contributed by atoms with Crippen molar-refractivity contribution in [3.8, 4) is 0 Å². The Hall–Kier alpha value is -3.96. The minimum Gasteiger partial charge on any atom is -0.477 e. The summed E-state index contributed by atoms with van der Waals surface area (Å²) in [5, 5.41) is 26.9. The van der Waals surface area contributed by atoms with Crippen molar-refractivity contribution in [2.45, 2.75) is 30.0 Å². The Kier molecular flexibility index (Phi) is 7.87. The number of fused-ring (bicyclic) bond motifs is 2. The van der Waals surface area contributed by atoms with E-state index in [2.05, 4.69) is 26.2 Å². The van der Waals surface area contributed by atoms with E-state index in [1.165, 1.54) is 45.4 Å². The zero-order chi connectivity index (χ0) is 30.4. The number of amides is 2. The topological polar surface area (TPSA) is 168 Å². The molecule has 3 aliphatic rings. The smallest absolute Gasteiger partial charge is 0.352 e. The van der Waals surface area contributed by atoms with Gasteiger partial charge in [-0.2, -0.15) is 0 Å². The van der Waals surface area contributed by atoms with Gasteiger partial charge in [-0.3, -0.25) is 19.3 Å². The van der Waals surface area contributed by atoms with Crippen LogP contribution in [0.2, 0.25) is 0 Å². The molecule has 1 unspecified atom stereocenters. The number of thioether (sulfide) groups is 2. The number of tetrazole rings is 1. The van der Waals surface area contributed by atoms with E-state index < -0.39 is 40.4 Å². The SMILES string of the molecule is CCn1cc(C(=O)NC2C(=O)N3C(C(=O)O)=C(CSc4nnnn4C)CS[C@@H]23)c(=O)c2cc(F)c(N3CCNCC3)cc21. The third kappa shape index (κ3) is 5.14. The lowest BCUT2D eigenvalue weighted by Crippen LogP contribution is -2.70. The van der Waals surface area contributed by atoms with E-state index in [4.69, 9.17) is 0 Å². The molecule has 0 bridgehead atoms. The molecule has 0 spiro atoms. The Labute approximate surface area is 252 Å². The van der Waals surface area contributed by atoms with Gasteiger partial charge in [0.25, 0.3) is 11.8 Å². The van der Waals surface area contributed by atoms with Crippen molar-refractivity contribution in [2.24, 2.45) is 7.05 Å². The van der Waals surface area contributed by atoms with Crippen LogP contribution in [-0.4, -0.2) is 102 Å². The monoisotopic (exact) mass is 629 g/mol. The van der Waals surface area contributed by atoms with E-state index in [-0.39, 0.29) is 22.4 Å².